The molecule has 140 valence electrons. The highest BCUT2D eigenvalue weighted by atomic mass is 19.4. The predicted octanol–water partition coefficient (Wildman–Crippen LogP) is 4.28. The van der Waals surface area contributed by atoms with Gasteiger partial charge in [-0.3, -0.25) is 14.5 Å². The lowest BCUT2D eigenvalue weighted by molar-refractivity contribution is -0.141. The fraction of sp³-hybridized carbons (Fsp3) is 0.300. The minimum atomic E-state index is -4.73. The van der Waals surface area contributed by atoms with Gasteiger partial charge >= 0.3 is 6.18 Å². The van der Waals surface area contributed by atoms with Gasteiger partial charge in [-0.15, -0.1) is 0 Å². The Balaban J connectivity index is 1.63. The van der Waals surface area contributed by atoms with E-state index in [0.717, 1.165) is 22.6 Å². The molecule has 1 saturated carbocycles. The van der Waals surface area contributed by atoms with Gasteiger partial charge in [0.05, 0.1) is 17.5 Å². The molecular formula is C20H15F4NO2. The third-order valence-corrected chi connectivity index (χ3v) is 5.39. The van der Waals surface area contributed by atoms with E-state index in [4.69, 9.17) is 0 Å². The molecule has 2 fully saturated rings. The van der Waals surface area contributed by atoms with Crippen LogP contribution in [0.4, 0.5) is 17.6 Å². The standard InChI is InChI=1S/C20H15F4NO2/c21-13-6-7-14(15(8-13)20(22,23)24)16-9-19(16)10-17(26)25(18(19)27)11-12-4-2-1-3-5-12/h1-8,16H,9-11H2/t16-,19?/m0/s1. The second-order valence-corrected chi connectivity index (χ2v) is 7.09. The zero-order chi connectivity index (χ0) is 19.4. The van der Waals surface area contributed by atoms with Crippen LogP contribution in [0.5, 0.6) is 0 Å². The summed E-state index contributed by atoms with van der Waals surface area (Å²) in [5, 5.41) is 0. The van der Waals surface area contributed by atoms with E-state index in [0.29, 0.717) is 6.07 Å². The van der Waals surface area contributed by atoms with Crippen LogP contribution in [0.3, 0.4) is 0 Å². The lowest BCUT2D eigenvalue weighted by Gasteiger charge is -2.16. The quantitative estimate of drug-likeness (QED) is 0.592. The molecule has 2 amide bonds. The van der Waals surface area contributed by atoms with Crippen molar-refractivity contribution in [1.29, 1.82) is 0 Å². The molecule has 3 nitrogen and oxygen atoms in total. The number of hydrogen-bond donors (Lipinski definition) is 0. The maximum Gasteiger partial charge on any atom is 0.416 e. The molecule has 2 atom stereocenters. The maximum absolute atomic E-state index is 13.3. The van der Waals surface area contributed by atoms with Crippen molar-refractivity contribution in [2.24, 2.45) is 5.41 Å². The first-order chi connectivity index (χ1) is 12.7. The molecule has 1 aliphatic carbocycles. The first-order valence-electron chi connectivity index (χ1n) is 8.48. The number of nitrogens with zero attached hydrogens (tertiary/aromatic N) is 1. The molecule has 2 aromatic carbocycles. The molecule has 1 unspecified atom stereocenters. The van der Waals surface area contributed by atoms with Crippen LogP contribution in [0.25, 0.3) is 0 Å². The average Bonchev–Trinajstić information content (AvgIpc) is 3.28. The minimum Gasteiger partial charge on any atom is -0.278 e. The number of carbonyl (C=O) groups is 2. The Morgan fingerprint density at radius 1 is 1.07 bits per heavy atom. The smallest absolute Gasteiger partial charge is 0.278 e. The number of rotatable bonds is 3. The summed E-state index contributed by atoms with van der Waals surface area (Å²) in [6, 6.07) is 11.4. The van der Waals surface area contributed by atoms with Crippen LogP contribution < -0.4 is 0 Å². The topological polar surface area (TPSA) is 37.4 Å². The Morgan fingerprint density at radius 2 is 1.78 bits per heavy atom. The van der Waals surface area contributed by atoms with Gasteiger partial charge in [0.25, 0.3) is 0 Å². The van der Waals surface area contributed by atoms with Crippen molar-refractivity contribution < 1.29 is 27.2 Å². The van der Waals surface area contributed by atoms with Crippen LogP contribution in [0.1, 0.15) is 35.4 Å². The first-order valence-corrected chi connectivity index (χ1v) is 8.48. The van der Waals surface area contributed by atoms with Crippen LogP contribution in [0, 0.1) is 11.2 Å². The Hall–Kier alpha value is -2.70. The van der Waals surface area contributed by atoms with Crippen molar-refractivity contribution in [3.05, 3.63) is 71.0 Å². The van der Waals surface area contributed by atoms with Gasteiger partial charge in [-0.1, -0.05) is 36.4 Å². The molecule has 0 aromatic heterocycles. The van der Waals surface area contributed by atoms with Crippen LogP contribution in [0.15, 0.2) is 48.5 Å². The van der Waals surface area contributed by atoms with Crippen molar-refractivity contribution >= 4 is 11.8 Å². The van der Waals surface area contributed by atoms with Gasteiger partial charge in [-0.25, -0.2) is 4.39 Å². The van der Waals surface area contributed by atoms with Crippen LogP contribution in [0.2, 0.25) is 0 Å². The van der Waals surface area contributed by atoms with Gasteiger partial charge < -0.3 is 0 Å². The van der Waals surface area contributed by atoms with Crippen molar-refractivity contribution in [1.82, 2.24) is 4.90 Å². The number of halogens is 4. The molecular weight excluding hydrogens is 362 g/mol. The molecule has 2 aliphatic rings. The fourth-order valence-corrected chi connectivity index (χ4v) is 3.97. The highest BCUT2D eigenvalue weighted by Gasteiger charge is 2.68. The highest BCUT2D eigenvalue weighted by molar-refractivity contribution is 6.08. The average molecular weight is 377 g/mol. The molecule has 1 aliphatic heterocycles. The van der Waals surface area contributed by atoms with E-state index in [9.17, 15) is 27.2 Å². The lowest BCUT2D eigenvalue weighted by Crippen LogP contribution is -2.31. The summed E-state index contributed by atoms with van der Waals surface area (Å²) in [6.07, 6.45) is -4.67. The molecule has 1 spiro atoms. The molecule has 27 heavy (non-hydrogen) atoms. The number of likely N-dealkylation sites (tertiary alicyclic amines) is 1. The summed E-state index contributed by atoms with van der Waals surface area (Å²) >= 11 is 0. The van der Waals surface area contributed by atoms with Gasteiger partial charge in [0.15, 0.2) is 0 Å². The highest BCUT2D eigenvalue weighted by Crippen LogP contribution is 2.66. The molecule has 2 aromatic rings. The van der Waals surface area contributed by atoms with E-state index in [1.165, 1.54) is 0 Å². The normalized spacial score (nSPS) is 24.7. The van der Waals surface area contributed by atoms with E-state index < -0.39 is 34.8 Å². The Morgan fingerprint density at radius 3 is 2.44 bits per heavy atom. The summed E-state index contributed by atoms with van der Waals surface area (Å²) in [7, 11) is 0. The monoisotopic (exact) mass is 377 g/mol. The van der Waals surface area contributed by atoms with Crippen LogP contribution in [-0.2, 0) is 22.3 Å². The van der Waals surface area contributed by atoms with E-state index in [2.05, 4.69) is 0 Å². The number of hydrogen-bond acceptors (Lipinski definition) is 2. The summed E-state index contributed by atoms with van der Waals surface area (Å²) in [6.45, 7) is 0.0997. The summed E-state index contributed by atoms with van der Waals surface area (Å²) < 4.78 is 53.2. The number of carbonyl (C=O) groups excluding carboxylic acids is 2. The maximum atomic E-state index is 13.3. The second-order valence-electron chi connectivity index (χ2n) is 7.09. The van der Waals surface area contributed by atoms with E-state index in [1.54, 1.807) is 24.3 Å². The van der Waals surface area contributed by atoms with Crippen molar-refractivity contribution in [3.8, 4) is 0 Å². The van der Waals surface area contributed by atoms with Gasteiger partial charge in [0.1, 0.15) is 5.82 Å². The number of benzene rings is 2. The molecule has 0 N–H and O–H groups in total. The number of alkyl halides is 3. The molecule has 1 heterocycles. The lowest BCUT2D eigenvalue weighted by atomic mass is 9.94. The molecule has 0 radical (unpaired) electrons. The predicted molar refractivity (Wildman–Crippen MR) is 87.8 cm³/mol. The molecule has 4 rings (SSSR count). The molecule has 7 heteroatoms. The number of amides is 2. The second kappa shape index (κ2) is 5.90. The van der Waals surface area contributed by atoms with Crippen molar-refractivity contribution in [3.63, 3.8) is 0 Å². The Kier molecular flexibility index (Phi) is 3.87. The Labute approximate surface area is 152 Å². The van der Waals surface area contributed by atoms with Crippen molar-refractivity contribution in [2.75, 3.05) is 0 Å². The van der Waals surface area contributed by atoms with Gasteiger partial charge in [0, 0.05) is 12.3 Å². The van der Waals surface area contributed by atoms with Crippen LogP contribution >= 0.6 is 0 Å². The summed E-state index contributed by atoms with van der Waals surface area (Å²) in [5.74, 6) is -2.55. The van der Waals surface area contributed by atoms with Gasteiger partial charge in [-0.05, 0) is 29.7 Å². The zero-order valence-corrected chi connectivity index (χ0v) is 14.1. The van der Waals surface area contributed by atoms with Crippen molar-refractivity contribution in [2.45, 2.75) is 31.5 Å². The van der Waals surface area contributed by atoms with Gasteiger partial charge in [0.2, 0.25) is 11.8 Å². The minimum absolute atomic E-state index is 0.0997. The molecule has 0 bridgehead atoms. The first kappa shape index (κ1) is 17.7. The third kappa shape index (κ3) is 2.91. The summed E-state index contributed by atoms with van der Waals surface area (Å²) in [5.41, 5.74) is -1.56. The fourth-order valence-electron chi connectivity index (χ4n) is 3.97. The van der Waals surface area contributed by atoms with Gasteiger partial charge in [-0.2, -0.15) is 13.2 Å². The zero-order valence-electron chi connectivity index (χ0n) is 14.1. The van der Waals surface area contributed by atoms with Crippen LogP contribution in [-0.4, -0.2) is 16.7 Å². The van der Waals surface area contributed by atoms with E-state index in [-0.39, 0.29) is 30.9 Å². The molecule has 1 saturated heterocycles. The Bertz CT molecular complexity index is 925. The van der Waals surface area contributed by atoms with E-state index in [1.807, 2.05) is 6.07 Å². The number of imide groups is 1. The van der Waals surface area contributed by atoms with E-state index >= 15 is 0 Å². The third-order valence-electron chi connectivity index (χ3n) is 5.39. The largest absolute Gasteiger partial charge is 0.416 e. The summed E-state index contributed by atoms with van der Waals surface area (Å²) in [4.78, 5) is 26.4. The SMILES string of the molecule is O=C1CC2(C[C@H]2c2ccc(F)cc2C(F)(F)F)C(=O)N1Cc1ccccc1.